The second kappa shape index (κ2) is 7.84. The van der Waals surface area contributed by atoms with Gasteiger partial charge in [-0.2, -0.15) is 0 Å². The van der Waals surface area contributed by atoms with E-state index in [4.69, 9.17) is 9.47 Å². The van der Waals surface area contributed by atoms with Crippen LogP contribution in [0.3, 0.4) is 0 Å². The van der Waals surface area contributed by atoms with Crippen LogP contribution in [-0.2, 0) is 4.74 Å². The summed E-state index contributed by atoms with van der Waals surface area (Å²) in [7, 11) is 0. The molecule has 0 bridgehead atoms. The molecule has 1 aliphatic carbocycles. The summed E-state index contributed by atoms with van der Waals surface area (Å²) in [6.45, 7) is 5.38. The molecule has 2 aromatic rings. The Hall–Kier alpha value is -3.16. The van der Waals surface area contributed by atoms with Crippen LogP contribution in [0.2, 0.25) is 0 Å². The highest BCUT2D eigenvalue weighted by Gasteiger charge is 2.28. The maximum atomic E-state index is 12.5. The average Bonchev–Trinajstić information content (AvgIpc) is 3.44. The van der Waals surface area contributed by atoms with E-state index in [0.717, 1.165) is 30.3 Å². The Labute approximate surface area is 162 Å². The maximum Gasteiger partial charge on any atom is 0.338 e. The minimum atomic E-state index is -0.796. The van der Waals surface area contributed by atoms with Gasteiger partial charge in [0.2, 0.25) is 5.78 Å². The van der Waals surface area contributed by atoms with Crippen molar-refractivity contribution < 1.29 is 24.0 Å². The van der Waals surface area contributed by atoms with Gasteiger partial charge in [0.1, 0.15) is 0 Å². The Balaban J connectivity index is 1.70. The largest absolute Gasteiger partial charge is 0.487 e. The first-order valence-electron chi connectivity index (χ1n) is 9.13. The lowest BCUT2D eigenvalue weighted by Gasteiger charge is -2.08. The number of nitro groups is 1. The number of rotatable bonds is 8. The molecule has 1 heterocycles. The SMILES string of the molecule is CCOc1ccc(C(=O)OCC(=O)c2cc(C)n(C3CC3)c2C)cc1[N+](=O)[O-]. The molecular formula is C20H22N2O6. The molecule has 0 radical (unpaired) electrons. The van der Waals surface area contributed by atoms with E-state index in [1.807, 2.05) is 19.9 Å². The van der Waals surface area contributed by atoms with Crippen molar-refractivity contribution in [3.8, 4) is 5.75 Å². The normalized spacial score (nSPS) is 13.2. The second-order valence-corrected chi connectivity index (χ2v) is 6.76. The monoisotopic (exact) mass is 386 g/mol. The number of nitro benzene ring substituents is 1. The van der Waals surface area contributed by atoms with Gasteiger partial charge in [-0.05, 0) is 51.8 Å². The predicted octanol–water partition coefficient (Wildman–Crippen LogP) is 3.79. The molecule has 1 aromatic heterocycles. The minimum Gasteiger partial charge on any atom is -0.487 e. The number of Topliss-reactive ketones (excluding diaryl/α,β-unsaturated/α-hetero) is 1. The van der Waals surface area contributed by atoms with Crippen LogP contribution in [0.5, 0.6) is 5.75 Å². The fourth-order valence-corrected chi connectivity index (χ4v) is 3.31. The molecule has 3 rings (SSSR count). The van der Waals surface area contributed by atoms with E-state index in [1.54, 1.807) is 6.92 Å². The summed E-state index contributed by atoms with van der Waals surface area (Å²) in [5, 5.41) is 11.2. The van der Waals surface area contributed by atoms with Crippen molar-refractivity contribution in [2.75, 3.05) is 13.2 Å². The van der Waals surface area contributed by atoms with Gasteiger partial charge >= 0.3 is 11.7 Å². The van der Waals surface area contributed by atoms with Crippen LogP contribution < -0.4 is 4.74 Å². The van der Waals surface area contributed by atoms with Crippen LogP contribution in [0, 0.1) is 24.0 Å². The van der Waals surface area contributed by atoms with E-state index in [2.05, 4.69) is 4.57 Å². The van der Waals surface area contributed by atoms with E-state index in [0.29, 0.717) is 11.6 Å². The van der Waals surface area contributed by atoms with Gasteiger partial charge in [-0.3, -0.25) is 14.9 Å². The third-order valence-electron chi connectivity index (χ3n) is 4.72. The van der Waals surface area contributed by atoms with Crippen LogP contribution in [-0.4, -0.2) is 34.5 Å². The summed E-state index contributed by atoms with van der Waals surface area (Å²) in [6, 6.07) is 6.09. The van der Waals surface area contributed by atoms with Crippen molar-refractivity contribution in [3.05, 3.63) is 56.9 Å². The maximum absolute atomic E-state index is 12.5. The molecule has 1 fully saturated rings. The number of ketones is 1. The summed E-state index contributed by atoms with van der Waals surface area (Å²) in [4.78, 5) is 35.3. The van der Waals surface area contributed by atoms with Gasteiger partial charge in [-0.25, -0.2) is 4.79 Å². The van der Waals surface area contributed by atoms with Crippen LogP contribution in [0.15, 0.2) is 24.3 Å². The Bertz CT molecular complexity index is 942. The zero-order valence-corrected chi connectivity index (χ0v) is 16.1. The first-order valence-corrected chi connectivity index (χ1v) is 9.13. The molecular weight excluding hydrogens is 364 g/mol. The lowest BCUT2D eigenvalue weighted by atomic mass is 10.1. The molecule has 28 heavy (non-hydrogen) atoms. The van der Waals surface area contributed by atoms with Gasteiger partial charge in [0, 0.05) is 29.1 Å². The topological polar surface area (TPSA) is 101 Å². The van der Waals surface area contributed by atoms with Crippen molar-refractivity contribution in [1.29, 1.82) is 0 Å². The molecule has 0 atom stereocenters. The fraction of sp³-hybridized carbons (Fsp3) is 0.400. The number of hydrogen-bond acceptors (Lipinski definition) is 6. The molecule has 0 amide bonds. The number of ether oxygens (including phenoxy) is 2. The van der Waals surface area contributed by atoms with Crippen LogP contribution in [0.4, 0.5) is 5.69 Å². The zero-order valence-electron chi connectivity index (χ0n) is 16.1. The first-order chi connectivity index (χ1) is 13.3. The number of nitrogens with zero attached hydrogens (tertiary/aromatic N) is 2. The molecule has 0 aliphatic heterocycles. The fourth-order valence-electron chi connectivity index (χ4n) is 3.31. The van der Waals surface area contributed by atoms with Gasteiger partial charge in [-0.1, -0.05) is 0 Å². The molecule has 1 aliphatic rings. The van der Waals surface area contributed by atoms with E-state index in [-0.39, 0.29) is 29.4 Å². The third kappa shape index (κ3) is 3.90. The highest BCUT2D eigenvalue weighted by molar-refractivity contribution is 6.00. The summed E-state index contributed by atoms with van der Waals surface area (Å²) in [5.74, 6) is -1.02. The van der Waals surface area contributed by atoms with Gasteiger partial charge in [0.15, 0.2) is 12.4 Å². The summed E-state index contributed by atoms with van der Waals surface area (Å²) in [5.41, 5.74) is 2.09. The third-order valence-corrected chi connectivity index (χ3v) is 4.72. The standard InChI is InChI=1S/C20H22N2O6/c1-4-27-19-8-5-14(10-17(19)22(25)26)20(24)28-11-18(23)16-9-12(2)21(13(16)3)15-6-7-15/h5,8-10,15H,4,6-7,11H2,1-3H3. The minimum absolute atomic E-state index is 0.00796. The number of aromatic nitrogens is 1. The predicted molar refractivity (Wildman–Crippen MR) is 101 cm³/mol. The zero-order chi connectivity index (χ0) is 20.4. The van der Waals surface area contributed by atoms with E-state index < -0.39 is 17.5 Å². The highest BCUT2D eigenvalue weighted by atomic mass is 16.6. The van der Waals surface area contributed by atoms with Crippen LogP contribution >= 0.6 is 0 Å². The molecule has 8 nitrogen and oxygen atoms in total. The van der Waals surface area contributed by atoms with Crippen molar-refractivity contribution in [1.82, 2.24) is 4.57 Å². The molecule has 0 N–H and O–H groups in total. The van der Waals surface area contributed by atoms with Crippen molar-refractivity contribution in [2.45, 2.75) is 39.7 Å². The first kappa shape index (κ1) is 19.6. The number of hydrogen-bond donors (Lipinski definition) is 0. The summed E-state index contributed by atoms with van der Waals surface area (Å²) >= 11 is 0. The van der Waals surface area contributed by atoms with E-state index in [1.165, 1.54) is 12.1 Å². The highest BCUT2D eigenvalue weighted by Crippen LogP contribution is 2.38. The smallest absolute Gasteiger partial charge is 0.338 e. The lowest BCUT2D eigenvalue weighted by molar-refractivity contribution is -0.385. The summed E-state index contributed by atoms with van der Waals surface area (Å²) in [6.07, 6.45) is 2.21. The van der Waals surface area contributed by atoms with Crippen LogP contribution in [0.1, 0.15) is 57.9 Å². The molecule has 0 saturated heterocycles. The Morgan fingerprint density at radius 3 is 2.57 bits per heavy atom. The molecule has 8 heteroatoms. The quantitative estimate of drug-likeness (QED) is 0.296. The van der Waals surface area contributed by atoms with Crippen molar-refractivity contribution >= 4 is 17.4 Å². The molecule has 148 valence electrons. The number of carbonyl (C=O) groups excluding carboxylic acids is 2. The van der Waals surface area contributed by atoms with E-state index in [9.17, 15) is 19.7 Å². The molecule has 1 saturated carbocycles. The number of carbonyl (C=O) groups is 2. The molecule has 0 unspecified atom stereocenters. The van der Waals surface area contributed by atoms with Gasteiger partial charge in [-0.15, -0.1) is 0 Å². The Morgan fingerprint density at radius 1 is 1.25 bits per heavy atom. The number of benzene rings is 1. The van der Waals surface area contributed by atoms with Gasteiger partial charge in [0.05, 0.1) is 17.1 Å². The lowest BCUT2D eigenvalue weighted by Crippen LogP contribution is -2.15. The van der Waals surface area contributed by atoms with Crippen molar-refractivity contribution in [2.24, 2.45) is 0 Å². The summed E-state index contributed by atoms with van der Waals surface area (Å²) < 4.78 is 12.4. The van der Waals surface area contributed by atoms with Crippen LogP contribution in [0.25, 0.3) is 0 Å². The number of aryl methyl sites for hydroxylation is 1. The average molecular weight is 386 g/mol. The second-order valence-electron chi connectivity index (χ2n) is 6.76. The van der Waals surface area contributed by atoms with Gasteiger partial charge < -0.3 is 14.0 Å². The Kier molecular flexibility index (Phi) is 5.48. The van der Waals surface area contributed by atoms with E-state index >= 15 is 0 Å². The molecule has 0 spiro atoms. The molecule has 1 aromatic carbocycles. The van der Waals surface area contributed by atoms with Crippen molar-refractivity contribution in [3.63, 3.8) is 0 Å². The number of esters is 1. The Morgan fingerprint density at radius 2 is 1.96 bits per heavy atom. The van der Waals surface area contributed by atoms with Gasteiger partial charge in [0.25, 0.3) is 0 Å².